The SMILES string of the molecule is COC(=O)Oc1cccc(C(=O)N2COCC2C(=O)Nc2ccc(/[SH](=O)=N/c3nc(C)c(C)o3)cc2)c1OC(=O)OC. The summed E-state index contributed by atoms with van der Waals surface area (Å²) in [7, 11) is -0.0750. The molecule has 0 saturated carbocycles. The minimum atomic E-state index is -2.21. The smallest absolute Gasteiger partial charge is 0.437 e. The second-order valence-corrected chi connectivity index (χ2v) is 9.85. The first kappa shape index (κ1) is 30.0. The number of carbonyl (C=O) groups is 4. The van der Waals surface area contributed by atoms with Gasteiger partial charge in [-0.2, -0.15) is 4.98 Å². The molecule has 1 aromatic heterocycles. The molecule has 222 valence electrons. The van der Waals surface area contributed by atoms with Gasteiger partial charge in [0.2, 0.25) is 5.91 Å². The van der Waals surface area contributed by atoms with Gasteiger partial charge in [0.25, 0.3) is 5.91 Å². The van der Waals surface area contributed by atoms with E-state index in [1.807, 2.05) is 0 Å². The Morgan fingerprint density at radius 1 is 1.02 bits per heavy atom. The van der Waals surface area contributed by atoms with Gasteiger partial charge in [0.05, 0.1) is 42.7 Å². The Morgan fingerprint density at radius 2 is 1.71 bits per heavy atom. The summed E-state index contributed by atoms with van der Waals surface area (Å²) in [6.07, 6.45) is -2.30. The highest BCUT2D eigenvalue weighted by molar-refractivity contribution is 7.75. The summed E-state index contributed by atoms with van der Waals surface area (Å²) < 4.78 is 46.4. The number of benzene rings is 2. The van der Waals surface area contributed by atoms with E-state index in [-0.39, 0.29) is 30.7 Å². The molecular formula is C26H26N4O11S. The predicted molar refractivity (Wildman–Crippen MR) is 144 cm³/mol. The van der Waals surface area contributed by atoms with E-state index in [2.05, 4.69) is 24.1 Å². The van der Waals surface area contributed by atoms with E-state index < -0.39 is 46.5 Å². The van der Waals surface area contributed by atoms with Crippen LogP contribution in [0.1, 0.15) is 21.8 Å². The van der Waals surface area contributed by atoms with Crippen LogP contribution in [-0.2, 0) is 29.6 Å². The number of amides is 2. The molecule has 15 nitrogen and oxygen atoms in total. The standard InChI is InChI=1S/C26H26N4O11S/c1-14-15(2)39-24(27-14)29-42(35)17-10-8-16(9-11-17)28-22(31)19-12-38-13-30(19)23(32)18-6-5-7-20(40-25(33)36-3)21(18)41-26(34)37-4/h5-11,19,42H,12-13H2,1-4H3,(H,28,31). The molecule has 4 rings (SSSR count). The maximum absolute atomic E-state index is 13.5. The van der Waals surface area contributed by atoms with Crippen LogP contribution in [0.5, 0.6) is 11.5 Å². The third-order valence-corrected chi connectivity index (χ3v) is 7.01. The molecule has 0 bridgehead atoms. The quantitative estimate of drug-likeness (QED) is 0.229. The lowest BCUT2D eigenvalue weighted by Crippen LogP contribution is -2.44. The average molecular weight is 603 g/mol. The largest absolute Gasteiger partial charge is 0.513 e. The topological polar surface area (TPSA) is 185 Å². The zero-order chi connectivity index (χ0) is 30.4. The third kappa shape index (κ3) is 6.84. The molecule has 2 aromatic carbocycles. The number of hydrogen-bond acceptors (Lipinski definition) is 13. The first-order chi connectivity index (χ1) is 20.1. The Balaban J connectivity index is 1.51. The summed E-state index contributed by atoms with van der Waals surface area (Å²) in [4.78, 5) is 55.8. The number of carbonyl (C=O) groups excluding carboxylic acids is 4. The normalized spacial score (nSPS) is 15.1. The number of ether oxygens (including phenoxy) is 5. The van der Waals surface area contributed by atoms with Gasteiger partial charge in [0, 0.05) is 10.6 Å². The second kappa shape index (κ2) is 13.1. The van der Waals surface area contributed by atoms with Crippen LogP contribution in [0.2, 0.25) is 0 Å². The van der Waals surface area contributed by atoms with Crippen LogP contribution in [-0.4, -0.2) is 71.8 Å². The van der Waals surface area contributed by atoms with E-state index in [0.29, 0.717) is 22.0 Å². The van der Waals surface area contributed by atoms with E-state index in [0.717, 1.165) is 19.1 Å². The van der Waals surface area contributed by atoms with Crippen LogP contribution in [0.15, 0.2) is 56.1 Å². The summed E-state index contributed by atoms with van der Waals surface area (Å²) in [5.74, 6) is -1.47. The highest BCUT2D eigenvalue weighted by Gasteiger charge is 2.37. The molecule has 0 aliphatic carbocycles. The van der Waals surface area contributed by atoms with Gasteiger partial charge < -0.3 is 38.3 Å². The van der Waals surface area contributed by atoms with Gasteiger partial charge in [-0.3, -0.25) is 9.59 Å². The van der Waals surface area contributed by atoms with Crippen molar-refractivity contribution in [3.8, 4) is 11.5 Å². The number of oxazole rings is 1. The number of anilines is 1. The number of aryl methyl sites for hydroxylation is 2. The maximum Gasteiger partial charge on any atom is 0.513 e. The lowest BCUT2D eigenvalue weighted by molar-refractivity contribution is -0.119. The Hall–Kier alpha value is -4.96. The maximum atomic E-state index is 13.5. The molecule has 42 heavy (non-hydrogen) atoms. The van der Waals surface area contributed by atoms with Gasteiger partial charge >= 0.3 is 18.3 Å². The van der Waals surface area contributed by atoms with Crippen molar-refractivity contribution in [2.24, 2.45) is 4.36 Å². The van der Waals surface area contributed by atoms with E-state index in [4.69, 9.17) is 18.6 Å². The van der Waals surface area contributed by atoms with Gasteiger partial charge in [-0.05, 0) is 50.2 Å². The second-order valence-electron chi connectivity index (χ2n) is 8.58. The summed E-state index contributed by atoms with van der Waals surface area (Å²) in [5, 5.41) is 2.69. The minimum Gasteiger partial charge on any atom is -0.437 e. The van der Waals surface area contributed by atoms with E-state index in [1.165, 1.54) is 42.5 Å². The molecule has 2 atom stereocenters. The molecular weight excluding hydrogens is 576 g/mol. The first-order valence-electron chi connectivity index (χ1n) is 12.2. The molecule has 2 unspecified atom stereocenters. The van der Waals surface area contributed by atoms with E-state index in [1.54, 1.807) is 13.8 Å². The predicted octanol–water partition coefficient (Wildman–Crippen LogP) is 3.37. The molecule has 16 heteroatoms. The van der Waals surface area contributed by atoms with E-state index in [9.17, 15) is 23.4 Å². The molecule has 1 aliphatic heterocycles. The highest BCUT2D eigenvalue weighted by Crippen LogP contribution is 2.34. The van der Waals surface area contributed by atoms with Crippen molar-refractivity contribution >= 4 is 46.4 Å². The number of methoxy groups -OCH3 is 2. The summed E-state index contributed by atoms with van der Waals surface area (Å²) in [6, 6.07) is 9.01. The van der Waals surface area contributed by atoms with Crippen molar-refractivity contribution in [1.29, 1.82) is 0 Å². The molecule has 2 heterocycles. The van der Waals surface area contributed by atoms with Crippen LogP contribution in [0.4, 0.5) is 21.3 Å². The number of nitrogens with one attached hydrogen (secondary N) is 1. The highest BCUT2D eigenvalue weighted by atomic mass is 32.2. The van der Waals surface area contributed by atoms with Gasteiger partial charge in [-0.1, -0.05) is 6.07 Å². The number of rotatable bonds is 7. The monoisotopic (exact) mass is 602 g/mol. The summed E-state index contributed by atoms with van der Waals surface area (Å²) >= 11 is 0. The van der Waals surface area contributed by atoms with Crippen LogP contribution >= 0.6 is 0 Å². The number of hydrogen-bond donors (Lipinski definition) is 2. The average Bonchev–Trinajstić information content (AvgIpc) is 3.59. The van der Waals surface area contributed by atoms with Crippen molar-refractivity contribution < 1.29 is 51.5 Å². The zero-order valence-corrected chi connectivity index (χ0v) is 23.7. The van der Waals surface area contributed by atoms with Crippen LogP contribution in [0.3, 0.4) is 0 Å². The van der Waals surface area contributed by atoms with Gasteiger partial charge in [0.1, 0.15) is 18.5 Å². The van der Waals surface area contributed by atoms with Crippen molar-refractivity contribution in [1.82, 2.24) is 9.88 Å². The van der Waals surface area contributed by atoms with Crippen LogP contribution in [0.25, 0.3) is 0 Å². The molecule has 3 aromatic rings. The fourth-order valence-electron chi connectivity index (χ4n) is 3.67. The number of nitrogens with zero attached hydrogens (tertiary/aromatic N) is 3. The summed E-state index contributed by atoms with van der Waals surface area (Å²) in [5.41, 5.74) is 0.795. The first-order valence-corrected chi connectivity index (χ1v) is 13.4. The molecule has 1 N–H and O–H groups in total. The van der Waals surface area contributed by atoms with E-state index >= 15 is 0 Å². The number of thiol groups is 1. The summed E-state index contributed by atoms with van der Waals surface area (Å²) in [6.45, 7) is 3.10. The van der Waals surface area contributed by atoms with Gasteiger partial charge in [0.15, 0.2) is 11.5 Å². The molecule has 1 saturated heterocycles. The van der Waals surface area contributed by atoms with Crippen molar-refractivity contribution in [3.63, 3.8) is 0 Å². The molecule has 1 fully saturated rings. The van der Waals surface area contributed by atoms with Gasteiger partial charge in [-0.25, -0.2) is 13.8 Å². The van der Waals surface area contributed by atoms with Crippen LogP contribution in [0, 0.1) is 13.8 Å². The molecule has 0 radical (unpaired) electrons. The molecule has 0 spiro atoms. The number of aromatic nitrogens is 1. The van der Waals surface area contributed by atoms with Crippen LogP contribution < -0.4 is 14.8 Å². The fraction of sp³-hybridized carbons (Fsp3) is 0.269. The molecule has 2 amide bonds. The number of para-hydroxylation sites is 1. The Bertz CT molecular complexity index is 1580. The Morgan fingerprint density at radius 3 is 2.36 bits per heavy atom. The zero-order valence-electron chi connectivity index (χ0n) is 22.8. The lowest BCUT2D eigenvalue weighted by Gasteiger charge is -2.23. The van der Waals surface area contributed by atoms with Crippen molar-refractivity contribution in [2.45, 2.75) is 24.8 Å². The minimum absolute atomic E-state index is 0.0111. The van der Waals surface area contributed by atoms with Crippen molar-refractivity contribution in [3.05, 3.63) is 59.5 Å². The Kier molecular flexibility index (Phi) is 9.39. The molecule has 1 aliphatic rings. The van der Waals surface area contributed by atoms with Gasteiger partial charge in [-0.15, -0.1) is 4.36 Å². The third-order valence-electron chi connectivity index (χ3n) is 5.92. The lowest BCUT2D eigenvalue weighted by atomic mass is 10.1. The fourth-order valence-corrected chi connectivity index (χ4v) is 4.43. The Labute approximate surface area is 240 Å². The van der Waals surface area contributed by atoms with Crippen molar-refractivity contribution in [2.75, 3.05) is 32.9 Å².